The van der Waals surface area contributed by atoms with Gasteiger partial charge in [0.05, 0.1) is 0 Å². The Kier molecular flexibility index (Phi) is 5.74. The Morgan fingerprint density at radius 1 is 1.25 bits per heavy atom. The van der Waals surface area contributed by atoms with E-state index < -0.39 is 0 Å². The van der Waals surface area contributed by atoms with Gasteiger partial charge in [-0.15, -0.1) is 0 Å². The van der Waals surface area contributed by atoms with Crippen molar-refractivity contribution in [2.75, 3.05) is 6.54 Å². The molecule has 1 unspecified atom stereocenters. The van der Waals surface area contributed by atoms with Crippen molar-refractivity contribution >= 4 is 15.9 Å². The predicted molar refractivity (Wildman–Crippen MR) is 87.9 cm³/mol. The zero-order chi connectivity index (χ0) is 14.4. The molecule has 2 nitrogen and oxygen atoms in total. The van der Waals surface area contributed by atoms with E-state index in [-0.39, 0.29) is 0 Å². The van der Waals surface area contributed by atoms with Gasteiger partial charge in [-0.25, -0.2) is 0 Å². The van der Waals surface area contributed by atoms with Gasteiger partial charge in [-0.05, 0) is 49.2 Å². The van der Waals surface area contributed by atoms with E-state index in [1.165, 1.54) is 11.1 Å². The van der Waals surface area contributed by atoms with Gasteiger partial charge in [0.15, 0.2) is 0 Å². The maximum absolute atomic E-state index is 4.52. The molecule has 0 aliphatic heterocycles. The fraction of sp³-hybridized carbons (Fsp3) is 0.353. The molecule has 2 aromatic rings. The highest BCUT2D eigenvalue weighted by atomic mass is 79.9. The summed E-state index contributed by atoms with van der Waals surface area (Å²) in [7, 11) is 0. The molecule has 0 aliphatic carbocycles. The third kappa shape index (κ3) is 4.43. The first-order valence-electron chi connectivity index (χ1n) is 7.09. The van der Waals surface area contributed by atoms with Gasteiger partial charge in [-0.1, -0.05) is 41.1 Å². The topological polar surface area (TPSA) is 24.9 Å². The van der Waals surface area contributed by atoms with Crippen LogP contribution in [-0.4, -0.2) is 11.5 Å². The summed E-state index contributed by atoms with van der Waals surface area (Å²) in [6, 6.07) is 13.1. The highest BCUT2D eigenvalue weighted by Crippen LogP contribution is 2.21. The lowest BCUT2D eigenvalue weighted by atomic mass is 10.0. The number of nitrogens with one attached hydrogen (secondary N) is 1. The summed E-state index contributed by atoms with van der Waals surface area (Å²) in [5, 5.41) is 3.62. The number of aryl methyl sites for hydroxylation is 1. The summed E-state index contributed by atoms with van der Waals surface area (Å²) in [4.78, 5) is 4.52. The number of hydrogen-bond acceptors (Lipinski definition) is 2. The van der Waals surface area contributed by atoms with E-state index in [1.807, 2.05) is 6.20 Å². The Bertz CT molecular complexity index is 537. The van der Waals surface area contributed by atoms with Gasteiger partial charge in [0.2, 0.25) is 0 Å². The second-order valence-electron chi connectivity index (χ2n) is 5.09. The third-order valence-electron chi connectivity index (χ3n) is 3.28. The monoisotopic (exact) mass is 332 g/mol. The van der Waals surface area contributed by atoms with Gasteiger partial charge >= 0.3 is 0 Å². The summed E-state index contributed by atoms with van der Waals surface area (Å²) in [6.07, 6.45) is 3.98. The molecule has 1 aromatic heterocycles. The Morgan fingerprint density at radius 2 is 2.10 bits per heavy atom. The van der Waals surface area contributed by atoms with Crippen molar-refractivity contribution in [3.05, 3.63) is 63.9 Å². The molecular weight excluding hydrogens is 312 g/mol. The van der Waals surface area contributed by atoms with Crippen LogP contribution in [0.25, 0.3) is 0 Å². The minimum atomic E-state index is 0.308. The number of nitrogens with zero attached hydrogens (tertiary/aromatic N) is 1. The first kappa shape index (κ1) is 15.2. The van der Waals surface area contributed by atoms with E-state index in [2.05, 4.69) is 76.5 Å². The molecule has 0 spiro atoms. The largest absolute Gasteiger partial charge is 0.310 e. The molecule has 0 amide bonds. The average Bonchev–Trinajstić information content (AvgIpc) is 2.45. The fourth-order valence-corrected chi connectivity index (χ4v) is 2.60. The molecule has 0 saturated carbocycles. The van der Waals surface area contributed by atoms with Crippen LogP contribution in [0.4, 0.5) is 0 Å². The van der Waals surface area contributed by atoms with Crippen LogP contribution < -0.4 is 5.32 Å². The Morgan fingerprint density at radius 3 is 2.75 bits per heavy atom. The molecule has 1 atom stereocenters. The minimum Gasteiger partial charge on any atom is -0.310 e. The molecule has 0 fully saturated rings. The highest BCUT2D eigenvalue weighted by Gasteiger charge is 2.12. The number of aromatic nitrogens is 1. The molecule has 1 N–H and O–H groups in total. The van der Waals surface area contributed by atoms with Crippen LogP contribution in [0.1, 0.15) is 36.2 Å². The summed E-state index contributed by atoms with van der Waals surface area (Å²) in [5.74, 6) is 0. The van der Waals surface area contributed by atoms with Crippen molar-refractivity contribution in [1.82, 2.24) is 10.3 Å². The zero-order valence-electron chi connectivity index (χ0n) is 12.1. The lowest BCUT2D eigenvalue weighted by Gasteiger charge is -2.19. The van der Waals surface area contributed by atoms with E-state index in [4.69, 9.17) is 0 Å². The molecule has 0 radical (unpaired) electrons. The molecule has 106 valence electrons. The summed E-state index contributed by atoms with van der Waals surface area (Å²) in [6.45, 7) is 5.27. The molecule has 1 aromatic carbocycles. The quantitative estimate of drug-likeness (QED) is 0.846. The number of pyridine rings is 1. The lowest BCUT2D eigenvalue weighted by Crippen LogP contribution is -2.24. The summed E-state index contributed by atoms with van der Waals surface area (Å²) < 4.78 is 1.12. The van der Waals surface area contributed by atoms with Gasteiger partial charge in [0.1, 0.15) is 0 Å². The molecule has 0 aliphatic rings. The SMILES string of the molecule is CCCNC(Cc1ccc(C)cn1)c1cccc(Br)c1. The average molecular weight is 333 g/mol. The van der Waals surface area contributed by atoms with Crippen molar-refractivity contribution in [1.29, 1.82) is 0 Å². The van der Waals surface area contributed by atoms with Gasteiger partial charge in [0.25, 0.3) is 0 Å². The van der Waals surface area contributed by atoms with Crippen LogP contribution in [0.2, 0.25) is 0 Å². The number of rotatable bonds is 6. The van der Waals surface area contributed by atoms with Crippen molar-refractivity contribution in [3.8, 4) is 0 Å². The van der Waals surface area contributed by atoms with Crippen LogP contribution in [0.3, 0.4) is 0 Å². The summed E-state index contributed by atoms with van der Waals surface area (Å²) >= 11 is 3.55. The molecule has 2 rings (SSSR count). The lowest BCUT2D eigenvalue weighted by molar-refractivity contribution is 0.524. The van der Waals surface area contributed by atoms with Crippen LogP contribution >= 0.6 is 15.9 Å². The zero-order valence-corrected chi connectivity index (χ0v) is 13.7. The van der Waals surface area contributed by atoms with Gasteiger partial charge in [-0.2, -0.15) is 0 Å². The molecular formula is C17H21BrN2. The van der Waals surface area contributed by atoms with Gasteiger partial charge in [-0.3, -0.25) is 4.98 Å². The minimum absolute atomic E-state index is 0.308. The standard InChI is InChI=1S/C17H21BrN2/c1-3-9-19-17(14-5-4-6-15(18)10-14)11-16-8-7-13(2)12-20-16/h4-8,10,12,17,19H,3,9,11H2,1-2H3. The van der Waals surface area contributed by atoms with E-state index in [0.717, 1.165) is 29.6 Å². The predicted octanol–water partition coefficient (Wildman–Crippen LogP) is 4.44. The maximum atomic E-state index is 4.52. The van der Waals surface area contributed by atoms with Gasteiger partial charge < -0.3 is 5.32 Å². The van der Waals surface area contributed by atoms with Crippen molar-refractivity contribution < 1.29 is 0 Å². The van der Waals surface area contributed by atoms with E-state index in [0.29, 0.717) is 6.04 Å². The number of benzene rings is 1. The van der Waals surface area contributed by atoms with E-state index in [1.54, 1.807) is 0 Å². The first-order chi connectivity index (χ1) is 9.69. The van der Waals surface area contributed by atoms with Crippen molar-refractivity contribution in [2.24, 2.45) is 0 Å². The van der Waals surface area contributed by atoms with Crippen LogP contribution in [-0.2, 0) is 6.42 Å². The molecule has 0 bridgehead atoms. The van der Waals surface area contributed by atoms with Crippen molar-refractivity contribution in [2.45, 2.75) is 32.7 Å². The second-order valence-corrected chi connectivity index (χ2v) is 6.01. The van der Waals surface area contributed by atoms with Gasteiger partial charge in [0, 0.05) is 28.8 Å². The second kappa shape index (κ2) is 7.55. The highest BCUT2D eigenvalue weighted by molar-refractivity contribution is 9.10. The van der Waals surface area contributed by atoms with Crippen LogP contribution in [0.5, 0.6) is 0 Å². The number of halogens is 1. The first-order valence-corrected chi connectivity index (χ1v) is 7.88. The number of hydrogen-bond donors (Lipinski definition) is 1. The maximum Gasteiger partial charge on any atom is 0.0422 e. The van der Waals surface area contributed by atoms with E-state index >= 15 is 0 Å². The smallest absolute Gasteiger partial charge is 0.0422 e. The molecule has 0 saturated heterocycles. The van der Waals surface area contributed by atoms with Crippen molar-refractivity contribution in [3.63, 3.8) is 0 Å². The fourth-order valence-electron chi connectivity index (χ4n) is 2.18. The van der Waals surface area contributed by atoms with Crippen LogP contribution in [0, 0.1) is 6.92 Å². The summed E-state index contributed by atoms with van der Waals surface area (Å²) in [5.41, 5.74) is 3.63. The van der Waals surface area contributed by atoms with Crippen LogP contribution in [0.15, 0.2) is 47.1 Å². The molecule has 1 heterocycles. The third-order valence-corrected chi connectivity index (χ3v) is 3.77. The Balaban J connectivity index is 2.16. The van der Waals surface area contributed by atoms with E-state index in [9.17, 15) is 0 Å². The Hall–Kier alpha value is -1.19. The molecule has 3 heteroatoms. The molecule has 20 heavy (non-hydrogen) atoms. The Labute approximate surface area is 129 Å². The normalized spacial score (nSPS) is 12.3.